The molecule has 0 saturated carbocycles. The summed E-state index contributed by atoms with van der Waals surface area (Å²) in [6.07, 6.45) is 4.11. The third-order valence-corrected chi connectivity index (χ3v) is 3.49. The molecule has 0 aliphatic carbocycles. The van der Waals surface area contributed by atoms with Gasteiger partial charge in [-0.1, -0.05) is 12.2 Å². The molecule has 1 atom stereocenters. The van der Waals surface area contributed by atoms with Gasteiger partial charge in [-0.3, -0.25) is 0 Å². The van der Waals surface area contributed by atoms with Gasteiger partial charge in [-0.15, -0.1) is 5.10 Å². The lowest BCUT2D eigenvalue weighted by atomic mass is 9.98. The average Bonchev–Trinajstić information content (AvgIpc) is 2.37. The van der Waals surface area contributed by atoms with Gasteiger partial charge in [0.1, 0.15) is 4.99 Å². The van der Waals surface area contributed by atoms with E-state index in [1.807, 2.05) is 0 Å². The molecule has 0 bridgehead atoms. The van der Waals surface area contributed by atoms with Gasteiger partial charge in [0.25, 0.3) is 0 Å². The van der Waals surface area contributed by atoms with Crippen LogP contribution in [0.4, 0.5) is 5.82 Å². The normalized spacial score (nSPS) is 20.6. The summed E-state index contributed by atoms with van der Waals surface area (Å²) in [4.78, 5) is 2.72. The molecule has 0 radical (unpaired) electrons. The lowest BCUT2D eigenvalue weighted by molar-refractivity contribution is 0.217. The van der Waals surface area contributed by atoms with E-state index in [2.05, 4.69) is 27.5 Å². The minimum absolute atomic E-state index is 0.355. The van der Waals surface area contributed by atoms with Gasteiger partial charge in [0.05, 0.1) is 11.8 Å². The van der Waals surface area contributed by atoms with Crippen LogP contribution < -0.4 is 11.1 Å². The molecule has 0 spiro atoms. The fraction of sp³-hybridized carbons (Fsp3) is 0.583. The van der Waals surface area contributed by atoms with Crippen molar-refractivity contribution in [2.24, 2.45) is 11.7 Å². The van der Waals surface area contributed by atoms with Gasteiger partial charge in [0.15, 0.2) is 5.82 Å². The Kier molecular flexibility index (Phi) is 4.43. The predicted molar refractivity (Wildman–Crippen MR) is 76.6 cm³/mol. The van der Waals surface area contributed by atoms with Crippen molar-refractivity contribution in [2.45, 2.75) is 12.8 Å². The molecule has 1 unspecified atom stereocenters. The van der Waals surface area contributed by atoms with Crippen LogP contribution in [-0.4, -0.2) is 46.8 Å². The Morgan fingerprint density at radius 2 is 2.50 bits per heavy atom. The fourth-order valence-corrected chi connectivity index (χ4v) is 2.51. The third kappa shape index (κ3) is 3.36. The Labute approximate surface area is 113 Å². The molecule has 3 N–H and O–H groups in total. The van der Waals surface area contributed by atoms with Gasteiger partial charge >= 0.3 is 0 Å². The van der Waals surface area contributed by atoms with E-state index in [0.717, 1.165) is 18.7 Å². The van der Waals surface area contributed by atoms with Gasteiger partial charge in [0, 0.05) is 13.1 Å². The molecular formula is C12H19N5S. The molecule has 1 aromatic heterocycles. The number of nitrogens with one attached hydrogen (secondary N) is 1. The topological polar surface area (TPSA) is 67.1 Å². The number of anilines is 1. The molecular weight excluding hydrogens is 246 g/mol. The molecule has 5 nitrogen and oxygen atoms in total. The highest BCUT2D eigenvalue weighted by Crippen LogP contribution is 2.17. The van der Waals surface area contributed by atoms with E-state index in [4.69, 9.17) is 18.0 Å². The van der Waals surface area contributed by atoms with Crippen molar-refractivity contribution in [3.05, 3.63) is 17.8 Å². The van der Waals surface area contributed by atoms with Gasteiger partial charge in [-0.25, -0.2) is 0 Å². The van der Waals surface area contributed by atoms with E-state index in [1.165, 1.54) is 19.4 Å². The number of likely N-dealkylation sites (tertiary alicyclic amines) is 1. The zero-order valence-electron chi connectivity index (χ0n) is 10.6. The van der Waals surface area contributed by atoms with Gasteiger partial charge in [-0.05, 0) is 38.4 Å². The summed E-state index contributed by atoms with van der Waals surface area (Å²) in [6.45, 7) is 3.20. The predicted octanol–water partition coefficient (Wildman–Crippen LogP) is 0.864. The first-order valence-electron chi connectivity index (χ1n) is 6.20. The Hall–Kier alpha value is -1.27. The molecule has 2 rings (SSSR count). The van der Waals surface area contributed by atoms with Crippen molar-refractivity contribution < 1.29 is 0 Å². The monoisotopic (exact) mass is 265 g/mol. The third-order valence-electron chi connectivity index (χ3n) is 3.27. The Morgan fingerprint density at radius 1 is 1.67 bits per heavy atom. The lowest BCUT2D eigenvalue weighted by Crippen LogP contribution is -2.35. The number of nitrogens with two attached hydrogens (primary N) is 1. The fourth-order valence-electron chi connectivity index (χ4n) is 2.34. The molecule has 1 saturated heterocycles. The SMILES string of the molecule is CN1CCCC(CNc2nnccc2C(N)=S)C1. The first-order valence-corrected chi connectivity index (χ1v) is 6.61. The zero-order valence-corrected chi connectivity index (χ0v) is 11.4. The molecule has 1 aliphatic rings. The highest BCUT2D eigenvalue weighted by molar-refractivity contribution is 7.80. The number of rotatable bonds is 4. The number of hydrogen-bond acceptors (Lipinski definition) is 5. The second-order valence-electron chi connectivity index (χ2n) is 4.81. The van der Waals surface area contributed by atoms with Gasteiger partial charge in [-0.2, -0.15) is 5.10 Å². The van der Waals surface area contributed by atoms with E-state index in [1.54, 1.807) is 12.3 Å². The van der Waals surface area contributed by atoms with Crippen molar-refractivity contribution in [3.8, 4) is 0 Å². The van der Waals surface area contributed by atoms with Crippen LogP contribution in [0.2, 0.25) is 0 Å². The van der Waals surface area contributed by atoms with E-state index in [9.17, 15) is 0 Å². The average molecular weight is 265 g/mol. The number of thiocarbonyl (C=S) groups is 1. The minimum atomic E-state index is 0.355. The van der Waals surface area contributed by atoms with Crippen LogP contribution in [0, 0.1) is 5.92 Å². The molecule has 1 aromatic rings. The maximum absolute atomic E-state index is 5.66. The summed E-state index contributed by atoms with van der Waals surface area (Å²) in [6, 6.07) is 1.80. The van der Waals surface area contributed by atoms with Crippen molar-refractivity contribution in [1.82, 2.24) is 15.1 Å². The van der Waals surface area contributed by atoms with E-state index >= 15 is 0 Å². The van der Waals surface area contributed by atoms with Gasteiger partial charge in [0.2, 0.25) is 0 Å². The molecule has 1 fully saturated rings. The van der Waals surface area contributed by atoms with Crippen LogP contribution in [0.3, 0.4) is 0 Å². The smallest absolute Gasteiger partial charge is 0.158 e. The van der Waals surface area contributed by atoms with Crippen molar-refractivity contribution in [3.63, 3.8) is 0 Å². The summed E-state index contributed by atoms with van der Waals surface area (Å²) < 4.78 is 0. The Bertz CT molecular complexity index is 423. The summed E-state index contributed by atoms with van der Waals surface area (Å²) in [7, 11) is 2.16. The quantitative estimate of drug-likeness (QED) is 0.787. The maximum Gasteiger partial charge on any atom is 0.158 e. The lowest BCUT2D eigenvalue weighted by Gasteiger charge is -2.29. The van der Waals surface area contributed by atoms with Crippen molar-refractivity contribution in [2.75, 3.05) is 32.0 Å². The number of piperidine rings is 1. The van der Waals surface area contributed by atoms with Crippen LogP contribution in [0.1, 0.15) is 18.4 Å². The molecule has 6 heteroatoms. The molecule has 98 valence electrons. The van der Waals surface area contributed by atoms with E-state index < -0.39 is 0 Å². The molecule has 2 heterocycles. The summed E-state index contributed by atoms with van der Waals surface area (Å²) >= 11 is 5.00. The maximum atomic E-state index is 5.66. The first kappa shape index (κ1) is 13.2. The molecule has 18 heavy (non-hydrogen) atoms. The van der Waals surface area contributed by atoms with Crippen LogP contribution in [0.15, 0.2) is 12.3 Å². The van der Waals surface area contributed by atoms with Crippen LogP contribution in [0.25, 0.3) is 0 Å². The molecule has 0 aromatic carbocycles. The Morgan fingerprint density at radius 3 is 3.22 bits per heavy atom. The summed E-state index contributed by atoms with van der Waals surface area (Å²) in [5.41, 5.74) is 6.43. The number of aromatic nitrogens is 2. The van der Waals surface area contributed by atoms with Crippen LogP contribution in [-0.2, 0) is 0 Å². The van der Waals surface area contributed by atoms with E-state index in [-0.39, 0.29) is 0 Å². The second-order valence-corrected chi connectivity index (χ2v) is 5.25. The minimum Gasteiger partial charge on any atom is -0.389 e. The molecule has 1 aliphatic heterocycles. The highest BCUT2D eigenvalue weighted by Gasteiger charge is 2.17. The van der Waals surface area contributed by atoms with Crippen LogP contribution >= 0.6 is 12.2 Å². The first-order chi connectivity index (χ1) is 8.66. The van der Waals surface area contributed by atoms with E-state index in [0.29, 0.717) is 16.7 Å². The van der Waals surface area contributed by atoms with Crippen molar-refractivity contribution in [1.29, 1.82) is 0 Å². The summed E-state index contributed by atoms with van der Waals surface area (Å²) in [5.74, 6) is 1.34. The second kappa shape index (κ2) is 6.06. The largest absolute Gasteiger partial charge is 0.389 e. The highest BCUT2D eigenvalue weighted by atomic mass is 32.1. The Balaban J connectivity index is 1.95. The van der Waals surface area contributed by atoms with Crippen molar-refractivity contribution >= 4 is 23.0 Å². The van der Waals surface area contributed by atoms with Gasteiger partial charge < -0.3 is 16.0 Å². The molecule has 0 amide bonds. The zero-order chi connectivity index (χ0) is 13.0. The summed E-state index contributed by atoms with van der Waals surface area (Å²) in [5, 5.41) is 11.2. The van der Waals surface area contributed by atoms with Crippen LogP contribution in [0.5, 0.6) is 0 Å². The number of hydrogen-bond donors (Lipinski definition) is 2. The number of nitrogens with zero attached hydrogens (tertiary/aromatic N) is 3. The standard InChI is InChI=1S/C12H19N5S/c1-17-6-2-3-9(8-17)7-14-12-10(11(13)18)4-5-15-16-12/h4-5,9H,2-3,6-8H2,1H3,(H2,13,18)(H,14,16).